The smallest absolute Gasteiger partial charge is 0.133 e. The normalized spacial score (nSPS) is 24.3. The van der Waals surface area contributed by atoms with Gasteiger partial charge in [-0.25, -0.2) is 4.39 Å². The lowest BCUT2D eigenvalue weighted by atomic mass is 9.85. The molecule has 1 fully saturated rings. The minimum Gasteiger partial charge on any atom is -0.316 e. The zero-order valence-corrected chi connectivity index (χ0v) is 10.1. The second kappa shape index (κ2) is 4.54. The molecule has 88 valence electrons. The van der Waals surface area contributed by atoms with Crippen LogP contribution in [0.4, 0.5) is 4.39 Å². The molecular formula is C14H20FN. The lowest BCUT2D eigenvalue weighted by molar-refractivity contribution is 0.149. The first kappa shape index (κ1) is 11.6. The van der Waals surface area contributed by atoms with Gasteiger partial charge in [0.1, 0.15) is 5.67 Å². The predicted molar refractivity (Wildman–Crippen MR) is 65.2 cm³/mol. The Kier molecular flexibility index (Phi) is 3.29. The first-order valence-corrected chi connectivity index (χ1v) is 6.05. The lowest BCUT2D eigenvalue weighted by Crippen LogP contribution is -2.22. The van der Waals surface area contributed by atoms with Crippen molar-refractivity contribution in [3.8, 4) is 0 Å². The topological polar surface area (TPSA) is 12.0 Å². The van der Waals surface area contributed by atoms with Gasteiger partial charge in [0.25, 0.3) is 0 Å². The van der Waals surface area contributed by atoms with Gasteiger partial charge < -0.3 is 5.32 Å². The Balaban J connectivity index is 2.14. The van der Waals surface area contributed by atoms with Crippen LogP contribution in [-0.4, -0.2) is 13.1 Å². The average Bonchev–Trinajstić information content (AvgIpc) is 2.70. The SMILES string of the molecule is Cc1ccccc1C(C)(F)CC1CCNC1. The summed E-state index contributed by atoms with van der Waals surface area (Å²) in [5, 5.41) is 3.29. The molecule has 0 spiro atoms. The van der Waals surface area contributed by atoms with Crippen LogP contribution in [0.5, 0.6) is 0 Å². The third-order valence-corrected chi connectivity index (χ3v) is 3.54. The van der Waals surface area contributed by atoms with Crippen molar-refractivity contribution in [2.75, 3.05) is 13.1 Å². The maximum atomic E-state index is 14.7. The summed E-state index contributed by atoms with van der Waals surface area (Å²) in [5.41, 5.74) is 0.711. The summed E-state index contributed by atoms with van der Waals surface area (Å²) in [6.07, 6.45) is 1.73. The molecule has 0 radical (unpaired) electrons. The second-order valence-corrected chi connectivity index (χ2v) is 5.08. The molecule has 0 aromatic heterocycles. The molecule has 1 nitrogen and oxygen atoms in total. The standard InChI is InChI=1S/C14H20FN/c1-11-5-3-4-6-13(11)14(2,15)9-12-7-8-16-10-12/h3-6,12,16H,7-10H2,1-2H3. The summed E-state index contributed by atoms with van der Waals surface area (Å²) in [4.78, 5) is 0. The molecule has 2 rings (SSSR count). The van der Waals surface area contributed by atoms with E-state index in [1.54, 1.807) is 6.92 Å². The van der Waals surface area contributed by atoms with Gasteiger partial charge in [0.2, 0.25) is 0 Å². The van der Waals surface area contributed by atoms with Crippen LogP contribution in [0, 0.1) is 12.8 Å². The Hall–Kier alpha value is -0.890. The fourth-order valence-electron chi connectivity index (χ4n) is 2.70. The number of hydrogen-bond donors (Lipinski definition) is 1. The van der Waals surface area contributed by atoms with Crippen LogP contribution in [0.3, 0.4) is 0 Å². The van der Waals surface area contributed by atoms with Gasteiger partial charge in [-0.2, -0.15) is 0 Å². The van der Waals surface area contributed by atoms with Gasteiger partial charge in [-0.15, -0.1) is 0 Å². The van der Waals surface area contributed by atoms with Gasteiger partial charge in [-0.3, -0.25) is 0 Å². The number of hydrogen-bond acceptors (Lipinski definition) is 1. The Morgan fingerprint density at radius 1 is 1.44 bits per heavy atom. The molecule has 1 aromatic rings. The molecule has 1 saturated heterocycles. The number of benzene rings is 1. The van der Waals surface area contributed by atoms with Gasteiger partial charge in [0, 0.05) is 0 Å². The fraction of sp³-hybridized carbons (Fsp3) is 0.571. The quantitative estimate of drug-likeness (QED) is 0.826. The maximum absolute atomic E-state index is 14.7. The molecule has 1 aliphatic heterocycles. The highest BCUT2D eigenvalue weighted by Crippen LogP contribution is 2.35. The number of alkyl halides is 1. The summed E-state index contributed by atoms with van der Waals surface area (Å²) in [6.45, 7) is 5.70. The molecule has 0 aliphatic carbocycles. The van der Waals surface area contributed by atoms with E-state index < -0.39 is 5.67 Å². The van der Waals surface area contributed by atoms with Crippen LogP contribution >= 0.6 is 0 Å². The summed E-state index contributed by atoms with van der Waals surface area (Å²) in [5.74, 6) is 0.481. The van der Waals surface area contributed by atoms with Crippen molar-refractivity contribution in [1.82, 2.24) is 5.32 Å². The van der Waals surface area contributed by atoms with Crippen LogP contribution in [0.25, 0.3) is 0 Å². The summed E-state index contributed by atoms with van der Waals surface area (Å²) >= 11 is 0. The Labute approximate surface area is 97.1 Å². The van der Waals surface area contributed by atoms with Crippen molar-refractivity contribution in [1.29, 1.82) is 0 Å². The lowest BCUT2D eigenvalue weighted by Gasteiger charge is -2.25. The molecule has 0 amide bonds. The number of aryl methyl sites for hydroxylation is 1. The van der Waals surface area contributed by atoms with E-state index in [4.69, 9.17) is 0 Å². The van der Waals surface area contributed by atoms with Crippen LogP contribution < -0.4 is 5.32 Å². The van der Waals surface area contributed by atoms with Crippen molar-refractivity contribution in [3.05, 3.63) is 35.4 Å². The van der Waals surface area contributed by atoms with E-state index in [0.717, 1.165) is 30.6 Å². The maximum Gasteiger partial charge on any atom is 0.133 e. The molecule has 0 bridgehead atoms. The van der Waals surface area contributed by atoms with E-state index in [2.05, 4.69) is 5.32 Å². The number of nitrogens with one attached hydrogen (secondary N) is 1. The molecule has 2 heteroatoms. The highest BCUT2D eigenvalue weighted by atomic mass is 19.1. The molecule has 16 heavy (non-hydrogen) atoms. The van der Waals surface area contributed by atoms with E-state index in [0.29, 0.717) is 12.3 Å². The molecule has 2 unspecified atom stereocenters. The monoisotopic (exact) mass is 221 g/mol. The van der Waals surface area contributed by atoms with E-state index in [9.17, 15) is 4.39 Å². The molecule has 0 saturated carbocycles. The average molecular weight is 221 g/mol. The molecule has 1 heterocycles. The third-order valence-electron chi connectivity index (χ3n) is 3.54. The molecular weight excluding hydrogens is 201 g/mol. The Bertz CT molecular complexity index is 354. The molecule has 1 N–H and O–H groups in total. The zero-order chi connectivity index (χ0) is 11.6. The summed E-state index contributed by atoms with van der Waals surface area (Å²) in [7, 11) is 0. The summed E-state index contributed by atoms with van der Waals surface area (Å²) in [6, 6.07) is 7.79. The predicted octanol–water partition coefficient (Wildman–Crippen LogP) is 3.18. The zero-order valence-electron chi connectivity index (χ0n) is 10.1. The van der Waals surface area contributed by atoms with Crippen molar-refractivity contribution in [3.63, 3.8) is 0 Å². The van der Waals surface area contributed by atoms with Crippen LogP contribution in [-0.2, 0) is 5.67 Å². The first-order chi connectivity index (χ1) is 7.59. The highest BCUT2D eigenvalue weighted by Gasteiger charge is 2.31. The first-order valence-electron chi connectivity index (χ1n) is 6.05. The van der Waals surface area contributed by atoms with Crippen molar-refractivity contribution < 1.29 is 4.39 Å². The number of rotatable bonds is 3. The Morgan fingerprint density at radius 3 is 2.81 bits per heavy atom. The van der Waals surface area contributed by atoms with Gasteiger partial charge in [-0.1, -0.05) is 24.3 Å². The van der Waals surface area contributed by atoms with Crippen LogP contribution in [0.2, 0.25) is 0 Å². The van der Waals surface area contributed by atoms with Crippen molar-refractivity contribution in [2.45, 2.75) is 32.4 Å². The molecule has 1 aliphatic rings. The third kappa shape index (κ3) is 2.43. The fourth-order valence-corrected chi connectivity index (χ4v) is 2.70. The van der Waals surface area contributed by atoms with E-state index >= 15 is 0 Å². The minimum absolute atomic E-state index is 0.481. The largest absolute Gasteiger partial charge is 0.316 e. The van der Waals surface area contributed by atoms with Crippen molar-refractivity contribution >= 4 is 0 Å². The molecule has 1 aromatic carbocycles. The highest BCUT2D eigenvalue weighted by molar-refractivity contribution is 5.30. The number of halogens is 1. The van der Waals surface area contributed by atoms with Crippen LogP contribution in [0.1, 0.15) is 30.9 Å². The van der Waals surface area contributed by atoms with Gasteiger partial charge >= 0.3 is 0 Å². The van der Waals surface area contributed by atoms with E-state index in [-0.39, 0.29) is 0 Å². The molecule has 2 atom stereocenters. The van der Waals surface area contributed by atoms with E-state index in [1.807, 2.05) is 31.2 Å². The van der Waals surface area contributed by atoms with Gasteiger partial charge in [0.15, 0.2) is 0 Å². The van der Waals surface area contributed by atoms with Crippen molar-refractivity contribution in [2.24, 2.45) is 5.92 Å². The second-order valence-electron chi connectivity index (χ2n) is 5.08. The van der Waals surface area contributed by atoms with Gasteiger partial charge in [-0.05, 0) is 56.8 Å². The summed E-state index contributed by atoms with van der Waals surface area (Å²) < 4.78 is 14.7. The van der Waals surface area contributed by atoms with E-state index in [1.165, 1.54) is 0 Å². The Morgan fingerprint density at radius 2 is 2.19 bits per heavy atom. The van der Waals surface area contributed by atoms with Crippen LogP contribution in [0.15, 0.2) is 24.3 Å². The minimum atomic E-state index is -1.19. The van der Waals surface area contributed by atoms with Gasteiger partial charge in [0.05, 0.1) is 0 Å².